The normalized spacial score (nSPS) is 12.6. The summed E-state index contributed by atoms with van der Waals surface area (Å²) >= 11 is 0. The van der Waals surface area contributed by atoms with Gasteiger partial charge in [0.05, 0.1) is 13.0 Å². The van der Waals surface area contributed by atoms with Gasteiger partial charge in [-0.25, -0.2) is 0 Å². The average molecular weight is 263 g/mol. The molecule has 0 bridgehead atoms. The number of benzene rings is 1. The van der Waals surface area contributed by atoms with Crippen LogP contribution < -0.4 is 4.74 Å². The van der Waals surface area contributed by atoms with Gasteiger partial charge in [-0.05, 0) is 52.3 Å². The van der Waals surface area contributed by atoms with Crippen molar-refractivity contribution in [1.82, 2.24) is 4.90 Å². The van der Waals surface area contributed by atoms with E-state index in [-0.39, 0.29) is 23.9 Å². The Morgan fingerprint density at radius 3 is 1.84 bits per heavy atom. The number of ether oxygens (including phenoxy) is 1. The molecular weight excluding hydrogens is 238 g/mol. The molecule has 3 heteroatoms. The van der Waals surface area contributed by atoms with Crippen LogP contribution in [0.2, 0.25) is 0 Å². The molecule has 0 saturated carbocycles. The number of hydrogen-bond donors (Lipinski definition) is 0. The van der Waals surface area contributed by atoms with Crippen LogP contribution in [-0.4, -0.2) is 30.0 Å². The van der Waals surface area contributed by atoms with Crippen LogP contribution in [0.5, 0.6) is 5.75 Å². The fourth-order valence-electron chi connectivity index (χ4n) is 2.36. The smallest absolute Gasteiger partial charge is 0.230 e. The lowest BCUT2D eigenvalue weighted by atomic mass is 9.98. The Bertz CT molecular complexity index is 401. The quantitative estimate of drug-likeness (QED) is 0.814. The van der Waals surface area contributed by atoms with Crippen LogP contribution >= 0.6 is 0 Å². The molecule has 0 aliphatic carbocycles. The van der Waals surface area contributed by atoms with Crippen molar-refractivity contribution in [2.24, 2.45) is 0 Å². The van der Waals surface area contributed by atoms with E-state index in [1.165, 1.54) is 0 Å². The van der Waals surface area contributed by atoms with Gasteiger partial charge in [-0.1, -0.05) is 12.1 Å². The summed E-state index contributed by atoms with van der Waals surface area (Å²) in [6.07, 6.45) is 0. The lowest BCUT2D eigenvalue weighted by Crippen LogP contribution is -2.44. The van der Waals surface area contributed by atoms with Crippen molar-refractivity contribution >= 4 is 5.91 Å². The Balaban J connectivity index is 2.91. The maximum absolute atomic E-state index is 12.6. The lowest BCUT2D eigenvalue weighted by Gasteiger charge is -2.33. The van der Waals surface area contributed by atoms with Crippen molar-refractivity contribution in [3.8, 4) is 5.75 Å². The predicted molar refractivity (Wildman–Crippen MR) is 78.5 cm³/mol. The molecular formula is C16H25NO2. The Morgan fingerprint density at radius 2 is 1.47 bits per heavy atom. The van der Waals surface area contributed by atoms with Gasteiger partial charge in [0.1, 0.15) is 5.75 Å². The zero-order chi connectivity index (χ0) is 14.6. The standard InChI is InChI=1S/C16H25NO2/c1-11(2)17(12(3)4)16(18)13(5)14-7-9-15(19-6)10-8-14/h7-13H,1-6H3. The minimum absolute atomic E-state index is 0.129. The number of nitrogens with zero attached hydrogens (tertiary/aromatic N) is 1. The van der Waals surface area contributed by atoms with Crippen LogP contribution in [0.3, 0.4) is 0 Å². The van der Waals surface area contributed by atoms with Gasteiger partial charge >= 0.3 is 0 Å². The molecule has 1 aromatic carbocycles. The molecule has 0 heterocycles. The molecule has 1 amide bonds. The van der Waals surface area contributed by atoms with Crippen molar-refractivity contribution in [3.05, 3.63) is 29.8 Å². The van der Waals surface area contributed by atoms with Gasteiger partial charge in [-0.3, -0.25) is 4.79 Å². The molecule has 1 rings (SSSR count). The minimum Gasteiger partial charge on any atom is -0.497 e. The number of amides is 1. The summed E-state index contributed by atoms with van der Waals surface area (Å²) in [6.45, 7) is 10.2. The SMILES string of the molecule is COc1ccc(C(C)C(=O)N(C(C)C)C(C)C)cc1. The molecule has 0 aliphatic heterocycles. The zero-order valence-electron chi connectivity index (χ0n) is 12.8. The molecule has 3 nitrogen and oxygen atoms in total. The number of carbonyl (C=O) groups is 1. The first-order valence-electron chi connectivity index (χ1n) is 6.84. The molecule has 106 valence electrons. The second-order valence-electron chi connectivity index (χ2n) is 5.43. The fourth-order valence-corrected chi connectivity index (χ4v) is 2.36. The van der Waals surface area contributed by atoms with Gasteiger partial charge in [-0.15, -0.1) is 0 Å². The van der Waals surface area contributed by atoms with Crippen LogP contribution in [-0.2, 0) is 4.79 Å². The summed E-state index contributed by atoms with van der Waals surface area (Å²) in [4.78, 5) is 14.5. The van der Waals surface area contributed by atoms with E-state index < -0.39 is 0 Å². The third kappa shape index (κ3) is 3.72. The fraction of sp³-hybridized carbons (Fsp3) is 0.562. The highest BCUT2D eigenvalue weighted by Crippen LogP contribution is 2.23. The summed E-state index contributed by atoms with van der Waals surface area (Å²) < 4.78 is 5.14. The molecule has 0 aliphatic rings. The monoisotopic (exact) mass is 263 g/mol. The second-order valence-corrected chi connectivity index (χ2v) is 5.43. The van der Waals surface area contributed by atoms with E-state index in [1.54, 1.807) is 7.11 Å². The third-order valence-corrected chi connectivity index (χ3v) is 3.35. The minimum atomic E-state index is -0.129. The van der Waals surface area contributed by atoms with Crippen molar-refractivity contribution in [1.29, 1.82) is 0 Å². The van der Waals surface area contributed by atoms with Gasteiger partial charge < -0.3 is 9.64 Å². The number of hydrogen-bond acceptors (Lipinski definition) is 2. The van der Waals surface area contributed by atoms with E-state index in [4.69, 9.17) is 4.74 Å². The second kappa shape index (κ2) is 6.60. The number of methoxy groups -OCH3 is 1. The molecule has 0 radical (unpaired) electrons. The van der Waals surface area contributed by atoms with Crippen molar-refractivity contribution < 1.29 is 9.53 Å². The van der Waals surface area contributed by atoms with Crippen molar-refractivity contribution in [3.63, 3.8) is 0 Å². The highest BCUT2D eigenvalue weighted by atomic mass is 16.5. The van der Waals surface area contributed by atoms with Gasteiger partial charge in [0.15, 0.2) is 0 Å². The number of rotatable bonds is 5. The summed E-state index contributed by atoms with van der Waals surface area (Å²) in [6, 6.07) is 8.14. The summed E-state index contributed by atoms with van der Waals surface area (Å²) in [5.41, 5.74) is 1.03. The molecule has 1 unspecified atom stereocenters. The largest absolute Gasteiger partial charge is 0.497 e. The van der Waals surface area contributed by atoms with E-state index in [9.17, 15) is 4.79 Å². The van der Waals surface area contributed by atoms with Crippen LogP contribution in [0.25, 0.3) is 0 Å². The topological polar surface area (TPSA) is 29.5 Å². The molecule has 1 atom stereocenters. The van der Waals surface area contributed by atoms with Crippen molar-refractivity contribution in [2.75, 3.05) is 7.11 Å². The van der Waals surface area contributed by atoms with E-state index in [1.807, 2.05) is 36.1 Å². The first kappa shape index (κ1) is 15.5. The van der Waals surface area contributed by atoms with E-state index in [0.29, 0.717) is 0 Å². The molecule has 1 aromatic rings. The van der Waals surface area contributed by atoms with Gasteiger partial charge in [0.25, 0.3) is 0 Å². The molecule has 0 N–H and O–H groups in total. The number of carbonyl (C=O) groups excluding carboxylic acids is 1. The molecule has 0 fully saturated rings. The summed E-state index contributed by atoms with van der Waals surface area (Å²) in [5, 5.41) is 0. The highest BCUT2D eigenvalue weighted by molar-refractivity contribution is 5.83. The van der Waals surface area contributed by atoms with Crippen LogP contribution in [0.4, 0.5) is 0 Å². The summed E-state index contributed by atoms with van der Waals surface area (Å²) in [5.74, 6) is 0.860. The maximum Gasteiger partial charge on any atom is 0.230 e. The van der Waals surface area contributed by atoms with E-state index in [0.717, 1.165) is 11.3 Å². The van der Waals surface area contributed by atoms with Crippen LogP contribution in [0, 0.1) is 0 Å². The van der Waals surface area contributed by atoms with Gasteiger partial charge in [0, 0.05) is 12.1 Å². The van der Waals surface area contributed by atoms with Gasteiger partial charge in [-0.2, -0.15) is 0 Å². The van der Waals surface area contributed by atoms with Crippen LogP contribution in [0.15, 0.2) is 24.3 Å². The third-order valence-electron chi connectivity index (χ3n) is 3.35. The summed E-state index contributed by atoms with van der Waals surface area (Å²) in [7, 11) is 1.64. The molecule has 0 aromatic heterocycles. The van der Waals surface area contributed by atoms with E-state index in [2.05, 4.69) is 27.7 Å². The molecule has 0 spiro atoms. The Kier molecular flexibility index (Phi) is 5.40. The average Bonchev–Trinajstić information content (AvgIpc) is 2.37. The molecule has 0 saturated heterocycles. The first-order chi connectivity index (χ1) is 8.88. The zero-order valence-corrected chi connectivity index (χ0v) is 12.8. The van der Waals surface area contributed by atoms with Crippen LogP contribution in [0.1, 0.15) is 46.1 Å². The first-order valence-corrected chi connectivity index (χ1v) is 6.84. The Morgan fingerprint density at radius 1 is 1.00 bits per heavy atom. The predicted octanol–water partition coefficient (Wildman–Crippen LogP) is 3.44. The van der Waals surface area contributed by atoms with Gasteiger partial charge in [0.2, 0.25) is 5.91 Å². The Labute approximate surface area is 116 Å². The van der Waals surface area contributed by atoms with E-state index >= 15 is 0 Å². The molecule has 19 heavy (non-hydrogen) atoms. The maximum atomic E-state index is 12.6. The van der Waals surface area contributed by atoms with Crippen molar-refractivity contribution in [2.45, 2.75) is 52.6 Å². The Hall–Kier alpha value is -1.51. The highest BCUT2D eigenvalue weighted by Gasteiger charge is 2.25. The lowest BCUT2D eigenvalue weighted by molar-refractivity contribution is -0.136.